The van der Waals surface area contributed by atoms with Gasteiger partial charge in [0.15, 0.2) is 0 Å². The molecule has 0 aliphatic carbocycles. The van der Waals surface area contributed by atoms with Crippen LogP contribution in [0.15, 0.2) is 0 Å². The Morgan fingerprint density at radius 3 is 2.00 bits per heavy atom. The number of aliphatic hydroxyl groups excluding tert-OH is 4. The van der Waals surface area contributed by atoms with Crippen LogP contribution in [-0.2, 0) is 14.3 Å². The van der Waals surface area contributed by atoms with Crippen LogP contribution in [0.5, 0.6) is 0 Å². The number of aliphatic carboxylic acids is 1. The molecule has 0 radical (unpaired) electrons. The number of carboxylic acids is 1. The van der Waals surface area contributed by atoms with Crippen molar-refractivity contribution in [2.24, 2.45) is 11.7 Å². The van der Waals surface area contributed by atoms with E-state index in [1.165, 1.54) is 0 Å². The molecule has 9 heteroatoms. The van der Waals surface area contributed by atoms with Crippen LogP contribution >= 0.6 is 0 Å². The van der Waals surface area contributed by atoms with Crippen molar-refractivity contribution >= 4 is 11.9 Å². The van der Waals surface area contributed by atoms with Gasteiger partial charge in [-0.3, -0.25) is 4.79 Å². The molecule has 0 aromatic heterocycles. The highest BCUT2D eigenvalue weighted by molar-refractivity contribution is 5.81. The first-order valence-electron chi connectivity index (χ1n) is 5.97. The van der Waals surface area contributed by atoms with E-state index in [-0.39, 0.29) is 5.92 Å². The molecule has 0 saturated carbocycles. The molecule has 118 valence electrons. The molecule has 7 N–H and O–H groups in total. The topological polar surface area (TPSA) is 171 Å². The van der Waals surface area contributed by atoms with Gasteiger partial charge >= 0.3 is 11.9 Å². The second kappa shape index (κ2) is 8.12. The maximum Gasteiger partial charge on any atom is 0.347 e. The number of aliphatic hydroxyl groups is 4. The smallest absolute Gasteiger partial charge is 0.347 e. The molecular formula is C11H21NO8. The molecule has 0 aromatic rings. The van der Waals surface area contributed by atoms with E-state index in [9.17, 15) is 19.8 Å². The van der Waals surface area contributed by atoms with Gasteiger partial charge in [0, 0.05) is 0 Å². The number of esters is 1. The first kappa shape index (κ1) is 18.7. The van der Waals surface area contributed by atoms with Gasteiger partial charge in [-0.05, 0) is 5.92 Å². The molecule has 0 aliphatic heterocycles. The van der Waals surface area contributed by atoms with Crippen LogP contribution in [0.1, 0.15) is 13.8 Å². The molecule has 5 atom stereocenters. The number of carbonyl (C=O) groups excluding carboxylic acids is 1. The zero-order valence-electron chi connectivity index (χ0n) is 11.2. The van der Waals surface area contributed by atoms with Crippen LogP contribution < -0.4 is 5.73 Å². The zero-order chi connectivity index (χ0) is 16.0. The van der Waals surface area contributed by atoms with Crippen LogP contribution in [0.3, 0.4) is 0 Å². The highest BCUT2D eigenvalue weighted by atomic mass is 16.6. The van der Waals surface area contributed by atoms with Crippen molar-refractivity contribution in [3.8, 4) is 0 Å². The minimum Gasteiger partial charge on any atom is -0.478 e. The summed E-state index contributed by atoms with van der Waals surface area (Å²) >= 11 is 0. The Bertz CT molecular complexity index is 334. The minimum atomic E-state index is -2.11. The van der Waals surface area contributed by atoms with Gasteiger partial charge in [0.25, 0.3) is 0 Å². The Morgan fingerprint density at radius 1 is 1.15 bits per heavy atom. The SMILES string of the molecule is CC(C)[C@H](N)C(=O)O[C@@H](C(=O)O)[C@@H](O)[C@H](O)[C@H](O)CO. The first-order chi connectivity index (χ1) is 9.13. The zero-order valence-corrected chi connectivity index (χ0v) is 11.2. The first-order valence-corrected chi connectivity index (χ1v) is 5.97. The van der Waals surface area contributed by atoms with E-state index in [4.69, 9.17) is 21.1 Å². The van der Waals surface area contributed by atoms with Crippen molar-refractivity contribution in [2.45, 2.75) is 44.3 Å². The van der Waals surface area contributed by atoms with Crippen LogP contribution in [0, 0.1) is 5.92 Å². The lowest BCUT2D eigenvalue weighted by Gasteiger charge is -2.27. The molecule has 0 aromatic carbocycles. The van der Waals surface area contributed by atoms with Gasteiger partial charge in [-0.15, -0.1) is 0 Å². The Labute approximate surface area is 115 Å². The molecule has 0 unspecified atom stereocenters. The second-order valence-corrected chi connectivity index (χ2v) is 4.70. The fourth-order valence-electron chi connectivity index (χ4n) is 1.26. The summed E-state index contributed by atoms with van der Waals surface area (Å²) in [6.07, 6.45) is -7.99. The van der Waals surface area contributed by atoms with E-state index < -0.39 is 49.0 Å². The summed E-state index contributed by atoms with van der Waals surface area (Å²) in [5.74, 6) is -3.09. The van der Waals surface area contributed by atoms with Crippen LogP contribution in [-0.4, -0.2) is 74.5 Å². The van der Waals surface area contributed by atoms with Crippen LogP contribution in [0.4, 0.5) is 0 Å². The van der Waals surface area contributed by atoms with E-state index in [1.54, 1.807) is 13.8 Å². The number of hydrogen-bond donors (Lipinski definition) is 6. The highest BCUT2D eigenvalue weighted by Crippen LogP contribution is 2.11. The third-order valence-electron chi connectivity index (χ3n) is 2.72. The Balaban J connectivity index is 4.90. The molecule has 0 spiro atoms. The number of nitrogens with two attached hydrogens (primary N) is 1. The van der Waals surface area contributed by atoms with Crippen LogP contribution in [0.2, 0.25) is 0 Å². The monoisotopic (exact) mass is 295 g/mol. The van der Waals surface area contributed by atoms with Crippen molar-refractivity contribution in [1.29, 1.82) is 0 Å². The highest BCUT2D eigenvalue weighted by Gasteiger charge is 2.39. The number of hydrogen-bond acceptors (Lipinski definition) is 8. The summed E-state index contributed by atoms with van der Waals surface area (Å²) < 4.78 is 4.55. The summed E-state index contributed by atoms with van der Waals surface area (Å²) in [5.41, 5.74) is 5.47. The third kappa shape index (κ3) is 5.02. The predicted octanol–water partition coefficient (Wildman–Crippen LogP) is -2.96. The van der Waals surface area contributed by atoms with Crippen molar-refractivity contribution in [2.75, 3.05) is 6.61 Å². The quantitative estimate of drug-likeness (QED) is 0.256. The van der Waals surface area contributed by atoms with Gasteiger partial charge in [0.1, 0.15) is 24.4 Å². The van der Waals surface area contributed by atoms with E-state index >= 15 is 0 Å². The van der Waals surface area contributed by atoms with Gasteiger partial charge < -0.3 is 36.0 Å². The molecular weight excluding hydrogens is 274 g/mol. The molecule has 0 saturated heterocycles. The fourth-order valence-corrected chi connectivity index (χ4v) is 1.26. The molecule has 0 amide bonds. The predicted molar refractivity (Wildman–Crippen MR) is 65.4 cm³/mol. The van der Waals surface area contributed by atoms with Crippen molar-refractivity contribution in [1.82, 2.24) is 0 Å². The van der Waals surface area contributed by atoms with Crippen molar-refractivity contribution in [3.63, 3.8) is 0 Å². The number of ether oxygens (including phenoxy) is 1. The van der Waals surface area contributed by atoms with E-state index in [2.05, 4.69) is 4.74 Å². The third-order valence-corrected chi connectivity index (χ3v) is 2.72. The molecule has 0 fully saturated rings. The summed E-state index contributed by atoms with van der Waals surface area (Å²) in [6.45, 7) is 2.33. The van der Waals surface area contributed by atoms with Gasteiger partial charge in [0.2, 0.25) is 6.10 Å². The summed E-state index contributed by atoms with van der Waals surface area (Å²) in [5, 5.41) is 45.7. The number of carbonyl (C=O) groups is 2. The lowest BCUT2D eigenvalue weighted by molar-refractivity contribution is -0.183. The average molecular weight is 295 g/mol. The van der Waals surface area contributed by atoms with Gasteiger partial charge in [-0.25, -0.2) is 4.79 Å². The average Bonchev–Trinajstić information content (AvgIpc) is 2.40. The second-order valence-electron chi connectivity index (χ2n) is 4.70. The van der Waals surface area contributed by atoms with Gasteiger partial charge in [-0.2, -0.15) is 0 Å². The van der Waals surface area contributed by atoms with E-state index in [1.807, 2.05) is 0 Å². The standard InChI is InChI=1S/C11H21NO8/c1-4(2)6(12)11(19)20-9(10(17)18)8(16)7(15)5(14)3-13/h4-9,13-16H,3,12H2,1-2H3,(H,17,18)/t5-,6+,7-,8+,9-/m1/s1. The number of rotatable bonds is 8. The molecule has 0 rings (SSSR count). The van der Waals surface area contributed by atoms with Gasteiger partial charge in [-0.1, -0.05) is 13.8 Å². The normalized spacial score (nSPS) is 19.0. The Kier molecular flexibility index (Phi) is 7.61. The molecule has 0 bridgehead atoms. The fraction of sp³-hybridized carbons (Fsp3) is 0.818. The molecule has 0 aliphatic rings. The number of carboxylic acid groups (broad SMARTS) is 1. The van der Waals surface area contributed by atoms with E-state index in [0.29, 0.717) is 0 Å². The Morgan fingerprint density at radius 2 is 1.65 bits per heavy atom. The Hall–Kier alpha value is -1.26. The van der Waals surface area contributed by atoms with Crippen LogP contribution in [0.25, 0.3) is 0 Å². The lowest BCUT2D eigenvalue weighted by Crippen LogP contribution is -2.52. The maximum atomic E-state index is 11.6. The summed E-state index contributed by atoms with van der Waals surface area (Å²) in [4.78, 5) is 22.5. The largest absolute Gasteiger partial charge is 0.478 e. The molecule has 20 heavy (non-hydrogen) atoms. The van der Waals surface area contributed by atoms with Gasteiger partial charge in [0.05, 0.1) is 6.61 Å². The lowest BCUT2D eigenvalue weighted by atomic mass is 10.0. The molecule has 9 nitrogen and oxygen atoms in total. The van der Waals surface area contributed by atoms with Crippen molar-refractivity contribution in [3.05, 3.63) is 0 Å². The summed E-state index contributed by atoms with van der Waals surface area (Å²) in [7, 11) is 0. The molecule has 0 heterocycles. The summed E-state index contributed by atoms with van der Waals surface area (Å²) in [6, 6.07) is -1.09. The maximum absolute atomic E-state index is 11.6. The van der Waals surface area contributed by atoms with Crippen molar-refractivity contribution < 1.29 is 39.9 Å². The minimum absolute atomic E-state index is 0.318. The van der Waals surface area contributed by atoms with E-state index in [0.717, 1.165) is 0 Å².